The van der Waals surface area contributed by atoms with E-state index in [-0.39, 0.29) is 23.8 Å². The first kappa shape index (κ1) is 15.3. The third kappa shape index (κ3) is 3.95. The molecule has 0 saturated carbocycles. The first-order chi connectivity index (χ1) is 9.97. The number of benzene rings is 1. The van der Waals surface area contributed by atoms with Crippen LogP contribution in [0.3, 0.4) is 0 Å². The Kier molecular flexibility index (Phi) is 4.80. The minimum Gasteiger partial charge on any atom is -0.399 e. The fourth-order valence-corrected chi connectivity index (χ4v) is 2.55. The summed E-state index contributed by atoms with van der Waals surface area (Å²) in [6, 6.07) is 6.81. The molecular weight excluding hydrogens is 268 g/mol. The van der Waals surface area contributed by atoms with Crippen LogP contribution in [0.25, 0.3) is 0 Å². The molecule has 21 heavy (non-hydrogen) atoms. The molecule has 2 rings (SSSR count). The van der Waals surface area contributed by atoms with E-state index in [4.69, 9.17) is 11.5 Å². The molecule has 114 valence electrons. The van der Waals surface area contributed by atoms with Crippen molar-refractivity contribution < 1.29 is 9.59 Å². The molecular formula is C15H22N4O2. The van der Waals surface area contributed by atoms with Crippen LogP contribution in [0.2, 0.25) is 0 Å². The molecule has 0 aliphatic carbocycles. The summed E-state index contributed by atoms with van der Waals surface area (Å²) < 4.78 is 0. The number of carbonyl (C=O) groups excluding carboxylic acids is 2. The highest BCUT2D eigenvalue weighted by Gasteiger charge is 2.28. The van der Waals surface area contributed by atoms with Crippen LogP contribution >= 0.6 is 0 Å². The second-order valence-corrected chi connectivity index (χ2v) is 5.50. The van der Waals surface area contributed by atoms with Gasteiger partial charge in [0.2, 0.25) is 11.8 Å². The standard InChI is InChI=1S/C15H22N4O2/c1-10(19-8-6-11(7-9-19)14(17)20)15(21)18-13-4-2-12(16)3-5-13/h2-5,10-11H,6-9,16H2,1H3,(H2,17,20)(H,18,21). The van der Waals surface area contributed by atoms with E-state index in [0.717, 1.165) is 18.5 Å². The van der Waals surface area contributed by atoms with E-state index < -0.39 is 0 Å². The molecule has 1 heterocycles. The highest BCUT2D eigenvalue weighted by Crippen LogP contribution is 2.19. The molecule has 0 bridgehead atoms. The van der Waals surface area contributed by atoms with E-state index >= 15 is 0 Å². The molecule has 1 fully saturated rings. The van der Waals surface area contributed by atoms with Crippen molar-refractivity contribution in [1.82, 2.24) is 4.90 Å². The van der Waals surface area contributed by atoms with Crippen molar-refractivity contribution in [1.29, 1.82) is 0 Å². The number of primary amides is 1. The summed E-state index contributed by atoms with van der Waals surface area (Å²) >= 11 is 0. The molecule has 0 radical (unpaired) electrons. The van der Waals surface area contributed by atoms with Gasteiger partial charge in [0.05, 0.1) is 6.04 Å². The zero-order valence-corrected chi connectivity index (χ0v) is 12.2. The van der Waals surface area contributed by atoms with Gasteiger partial charge >= 0.3 is 0 Å². The summed E-state index contributed by atoms with van der Waals surface area (Å²) in [5.41, 5.74) is 12.3. The van der Waals surface area contributed by atoms with Crippen molar-refractivity contribution in [3.8, 4) is 0 Å². The van der Waals surface area contributed by atoms with Gasteiger partial charge in [-0.3, -0.25) is 14.5 Å². The normalized spacial score (nSPS) is 18.1. The third-order valence-corrected chi connectivity index (χ3v) is 4.04. The lowest BCUT2D eigenvalue weighted by atomic mass is 9.95. The van der Waals surface area contributed by atoms with Crippen molar-refractivity contribution in [3.63, 3.8) is 0 Å². The van der Waals surface area contributed by atoms with Crippen LogP contribution in [-0.2, 0) is 9.59 Å². The number of anilines is 2. The molecule has 6 nitrogen and oxygen atoms in total. The Balaban J connectivity index is 1.88. The number of amides is 2. The molecule has 1 aliphatic rings. The molecule has 1 atom stereocenters. The van der Waals surface area contributed by atoms with Gasteiger partial charge in [0, 0.05) is 17.3 Å². The van der Waals surface area contributed by atoms with Gasteiger partial charge in [-0.25, -0.2) is 0 Å². The van der Waals surface area contributed by atoms with Gasteiger partial charge < -0.3 is 16.8 Å². The second-order valence-electron chi connectivity index (χ2n) is 5.50. The average molecular weight is 290 g/mol. The fourth-order valence-electron chi connectivity index (χ4n) is 2.55. The summed E-state index contributed by atoms with van der Waals surface area (Å²) in [4.78, 5) is 25.5. The lowest BCUT2D eigenvalue weighted by Gasteiger charge is -2.34. The maximum Gasteiger partial charge on any atom is 0.241 e. The topological polar surface area (TPSA) is 101 Å². The predicted octanol–water partition coefficient (Wildman–Crippen LogP) is 0.793. The predicted molar refractivity (Wildman–Crippen MR) is 82.4 cm³/mol. The van der Waals surface area contributed by atoms with Crippen molar-refractivity contribution in [2.75, 3.05) is 24.1 Å². The summed E-state index contributed by atoms with van der Waals surface area (Å²) in [5, 5.41) is 2.87. The number of nitrogens with zero attached hydrogens (tertiary/aromatic N) is 1. The van der Waals surface area contributed by atoms with E-state index in [1.54, 1.807) is 24.3 Å². The van der Waals surface area contributed by atoms with E-state index in [1.807, 2.05) is 6.92 Å². The number of likely N-dealkylation sites (tertiary alicyclic amines) is 1. The number of nitrogens with two attached hydrogens (primary N) is 2. The van der Waals surface area contributed by atoms with E-state index in [1.165, 1.54) is 0 Å². The Morgan fingerprint density at radius 3 is 2.33 bits per heavy atom. The molecule has 0 aromatic heterocycles. The molecule has 1 aromatic carbocycles. The zero-order valence-electron chi connectivity index (χ0n) is 12.2. The van der Waals surface area contributed by atoms with Gasteiger partial charge in [0.25, 0.3) is 0 Å². The van der Waals surface area contributed by atoms with E-state index in [2.05, 4.69) is 10.2 Å². The minimum atomic E-state index is -0.242. The van der Waals surface area contributed by atoms with Gasteiger partial charge in [0.15, 0.2) is 0 Å². The lowest BCUT2D eigenvalue weighted by molar-refractivity contribution is -0.124. The van der Waals surface area contributed by atoms with E-state index in [9.17, 15) is 9.59 Å². The number of carbonyl (C=O) groups is 2. The molecule has 5 N–H and O–H groups in total. The number of nitrogens with one attached hydrogen (secondary N) is 1. The largest absolute Gasteiger partial charge is 0.399 e. The van der Waals surface area contributed by atoms with Crippen molar-refractivity contribution >= 4 is 23.2 Å². The maximum atomic E-state index is 12.2. The van der Waals surface area contributed by atoms with Crippen LogP contribution in [-0.4, -0.2) is 35.8 Å². The van der Waals surface area contributed by atoms with Gasteiger partial charge in [-0.1, -0.05) is 0 Å². The van der Waals surface area contributed by atoms with Crippen molar-refractivity contribution in [3.05, 3.63) is 24.3 Å². The fraction of sp³-hybridized carbons (Fsp3) is 0.467. The zero-order chi connectivity index (χ0) is 15.4. The summed E-state index contributed by atoms with van der Waals surface area (Å²) in [7, 11) is 0. The van der Waals surface area contributed by atoms with Crippen LogP contribution in [0, 0.1) is 5.92 Å². The van der Waals surface area contributed by atoms with Gasteiger partial charge in [-0.05, 0) is 57.1 Å². The Morgan fingerprint density at radius 1 is 1.24 bits per heavy atom. The van der Waals surface area contributed by atoms with Crippen molar-refractivity contribution in [2.45, 2.75) is 25.8 Å². The minimum absolute atomic E-state index is 0.0581. The highest BCUT2D eigenvalue weighted by atomic mass is 16.2. The monoisotopic (exact) mass is 290 g/mol. The van der Waals surface area contributed by atoms with Gasteiger partial charge in [-0.2, -0.15) is 0 Å². The summed E-state index contributed by atoms with van der Waals surface area (Å²) in [5.74, 6) is -0.362. The number of piperidine rings is 1. The smallest absolute Gasteiger partial charge is 0.241 e. The van der Waals surface area contributed by atoms with Crippen LogP contribution in [0.5, 0.6) is 0 Å². The van der Waals surface area contributed by atoms with Crippen LogP contribution in [0.15, 0.2) is 24.3 Å². The molecule has 0 spiro atoms. The van der Waals surface area contributed by atoms with Gasteiger partial charge in [0.1, 0.15) is 0 Å². The number of nitrogen functional groups attached to an aromatic ring is 1. The first-order valence-electron chi connectivity index (χ1n) is 7.17. The van der Waals surface area contributed by atoms with Gasteiger partial charge in [-0.15, -0.1) is 0 Å². The SMILES string of the molecule is CC(C(=O)Nc1ccc(N)cc1)N1CCC(C(N)=O)CC1. The maximum absolute atomic E-state index is 12.2. The Bertz CT molecular complexity index is 507. The molecule has 1 aliphatic heterocycles. The van der Waals surface area contributed by atoms with Crippen molar-refractivity contribution in [2.24, 2.45) is 11.7 Å². The Morgan fingerprint density at radius 2 is 1.81 bits per heavy atom. The second kappa shape index (κ2) is 6.58. The van der Waals surface area contributed by atoms with Crippen LogP contribution in [0.1, 0.15) is 19.8 Å². The third-order valence-electron chi connectivity index (χ3n) is 4.04. The molecule has 2 amide bonds. The van der Waals surface area contributed by atoms with Crippen LogP contribution < -0.4 is 16.8 Å². The van der Waals surface area contributed by atoms with E-state index in [0.29, 0.717) is 18.8 Å². The summed E-state index contributed by atoms with van der Waals surface area (Å²) in [6.45, 7) is 3.30. The number of rotatable bonds is 4. The molecule has 1 unspecified atom stereocenters. The van der Waals surface area contributed by atoms with Crippen LogP contribution in [0.4, 0.5) is 11.4 Å². The molecule has 1 aromatic rings. The number of hydrogen-bond donors (Lipinski definition) is 3. The highest BCUT2D eigenvalue weighted by molar-refractivity contribution is 5.94. The quantitative estimate of drug-likeness (QED) is 0.714. The average Bonchev–Trinajstić information content (AvgIpc) is 2.49. The Hall–Kier alpha value is -2.08. The lowest BCUT2D eigenvalue weighted by Crippen LogP contribution is -2.47. The number of hydrogen-bond acceptors (Lipinski definition) is 4. The molecule has 6 heteroatoms. The Labute approximate surface area is 124 Å². The first-order valence-corrected chi connectivity index (χ1v) is 7.17. The molecule has 1 saturated heterocycles. The summed E-state index contributed by atoms with van der Waals surface area (Å²) in [6.07, 6.45) is 1.43.